The number of nitro benzene ring substituents is 1. The Labute approximate surface area is 269 Å². The van der Waals surface area contributed by atoms with Crippen LogP contribution in [0.3, 0.4) is 0 Å². The van der Waals surface area contributed by atoms with Gasteiger partial charge in [-0.2, -0.15) is 5.26 Å². The maximum atomic E-state index is 15.2. The van der Waals surface area contributed by atoms with E-state index in [1.807, 2.05) is 18.2 Å². The summed E-state index contributed by atoms with van der Waals surface area (Å²) in [5, 5.41) is 30.8. The highest BCUT2D eigenvalue weighted by Gasteiger charge is 2.60. The largest absolute Gasteiger partial charge is 0.438 e. The normalized spacial score (nSPS) is 16.8. The lowest BCUT2D eigenvalue weighted by atomic mass is 9.68. The average Bonchev–Trinajstić information content (AvgIpc) is 3.62. The molecule has 2 aliphatic heterocycles. The molecule has 0 radical (unpaired) electrons. The van der Waals surface area contributed by atoms with Gasteiger partial charge in [-0.05, 0) is 36.4 Å². The molecule has 0 bridgehead atoms. The first kappa shape index (κ1) is 27.9. The lowest BCUT2D eigenvalue weighted by Crippen LogP contribution is -2.46. The second-order valence-corrected chi connectivity index (χ2v) is 11.3. The molecule has 6 aromatic rings. The number of ether oxygens (including phenoxy) is 1. The Morgan fingerprint density at radius 1 is 1.00 bits per heavy atom. The third-order valence-corrected chi connectivity index (χ3v) is 8.64. The molecule has 0 saturated carbocycles. The number of carbonyl (C=O) groups excluding carboxylic acids is 1. The van der Waals surface area contributed by atoms with Crippen LogP contribution in [0.4, 0.5) is 17.1 Å². The number of nitrogens with zero attached hydrogens (tertiary/aromatic N) is 8. The first-order valence-electron chi connectivity index (χ1n) is 14.1. The molecule has 0 aliphatic carbocycles. The number of halogens is 1. The van der Waals surface area contributed by atoms with Crippen LogP contribution in [0.5, 0.6) is 5.75 Å². The number of nitro groups is 1. The van der Waals surface area contributed by atoms with Gasteiger partial charge in [0.2, 0.25) is 11.8 Å². The number of benzene rings is 4. The first-order valence-corrected chi connectivity index (χ1v) is 14.4. The molecule has 228 valence electrons. The van der Waals surface area contributed by atoms with Crippen LogP contribution in [-0.2, 0) is 16.8 Å². The van der Waals surface area contributed by atoms with Crippen molar-refractivity contribution in [3.8, 4) is 17.5 Å². The molecule has 47 heavy (non-hydrogen) atoms. The molecule has 1 amide bonds. The van der Waals surface area contributed by atoms with Crippen molar-refractivity contribution in [1.29, 1.82) is 5.26 Å². The van der Waals surface area contributed by atoms with E-state index in [9.17, 15) is 15.4 Å². The van der Waals surface area contributed by atoms with E-state index in [1.54, 1.807) is 36.4 Å². The summed E-state index contributed by atoms with van der Waals surface area (Å²) in [6.07, 6.45) is 1.40. The molecule has 0 saturated heterocycles. The highest BCUT2D eigenvalue weighted by molar-refractivity contribution is 6.30. The van der Waals surface area contributed by atoms with Gasteiger partial charge >= 0.3 is 0 Å². The second kappa shape index (κ2) is 9.96. The summed E-state index contributed by atoms with van der Waals surface area (Å²) in [4.78, 5) is 37.7. The number of nitrogens with two attached hydrogens (primary N) is 2. The number of rotatable bonds is 4. The third-order valence-electron chi connectivity index (χ3n) is 8.40. The van der Waals surface area contributed by atoms with Gasteiger partial charge in [-0.3, -0.25) is 14.9 Å². The van der Waals surface area contributed by atoms with Crippen LogP contribution < -0.4 is 21.1 Å². The summed E-state index contributed by atoms with van der Waals surface area (Å²) in [5.74, 6) is -0.747. The number of aromatic nitrogens is 5. The molecule has 1 unspecified atom stereocenters. The van der Waals surface area contributed by atoms with Crippen molar-refractivity contribution < 1.29 is 14.5 Å². The predicted molar refractivity (Wildman–Crippen MR) is 170 cm³/mol. The molecule has 1 spiro atoms. The van der Waals surface area contributed by atoms with Crippen molar-refractivity contribution >= 4 is 56.6 Å². The molecule has 8 rings (SSSR count). The molecule has 4 aromatic carbocycles. The van der Waals surface area contributed by atoms with E-state index in [4.69, 9.17) is 37.8 Å². The van der Waals surface area contributed by atoms with E-state index in [0.29, 0.717) is 39.0 Å². The van der Waals surface area contributed by atoms with Crippen molar-refractivity contribution in [2.24, 2.45) is 5.73 Å². The lowest BCUT2D eigenvalue weighted by molar-refractivity contribution is -0.384. The second-order valence-electron chi connectivity index (χ2n) is 10.9. The van der Waals surface area contributed by atoms with Gasteiger partial charge in [0.05, 0.1) is 56.7 Å². The third kappa shape index (κ3) is 3.80. The van der Waals surface area contributed by atoms with Crippen LogP contribution in [-0.4, -0.2) is 35.8 Å². The highest BCUT2D eigenvalue weighted by Crippen LogP contribution is 2.58. The number of nitrogen functional groups attached to an aromatic ring is 1. The summed E-state index contributed by atoms with van der Waals surface area (Å²) < 4.78 is 7.24. The Balaban J connectivity index is 1.38. The summed E-state index contributed by atoms with van der Waals surface area (Å²) in [7, 11) is 0. The van der Waals surface area contributed by atoms with Gasteiger partial charge < -0.3 is 21.1 Å². The van der Waals surface area contributed by atoms with Crippen molar-refractivity contribution in [1.82, 2.24) is 25.0 Å². The lowest BCUT2D eigenvalue weighted by Gasteiger charge is -2.35. The molecule has 0 fully saturated rings. The molecular formula is C32H19ClN10O4. The summed E-state index contributed by atoms with van der Waals surface area (Å²) in [5.41, 5.74) is 14.2. The Morgan fingerprint density at radius 3 is 2.51 bits per heavy atom. The van der Waals surface area contributed by atoms with E-state index in [0.717, 1.165) is 0 Å². The zero-order valence-corrected chi connectivity index (χ0v) is 24.7. The minimum absolute atomic E-state index is 0.0899. The Kier molecular flexibility index (Phi) is 5.92. The fraction of sp³-hybridized carbons (Fsp3) is 0.0625. The van der Waals surface area contributed by atoms with E-state index in [2.05, 4.69) is 16.4 Å². The smallest absolute Gasteiger partial charge is 0.296 e. The number of anilines is 2. The Bertz CT molecular complexity index is 2450. The fourth-order valence-corrected chi connectivity index (χ4v) is 6.64. The number of hydrogen-bond acceptors (Lipinski definition) is 11. The highest BCUT2D eigenvalue weighted by atomic mass is 35.5. The molecule has 1 atom stereocenters. The van der Waals surface area contributed by atoms with Gasteiger partial charge in [0.15, 0.2) is 5.75 Å². The Morgan fingerprint density at radius 2 is 1.74 bits per heavy atom. The van der Waals surface area contributed by atoms with E-state index in [-0.39, 0.29) is 51.4 Å². The molecule has 2 aliphatic rings. The number of fused-ring (bicyclic) bond motifs is 7. The molecule has 15 heteroatoms. The van der Waals surface area contributed by atoms with Crippen LogP contribution in [0.2, 0.25) is 5.02 Å². The Hall–Kier alpha value is -6.59. The average molecular weight is 643 g/mol. The van der Waals surface area contributed by atoms with Gasteiger partial charge in [-0.15, -0.1) is 5.10 Å². The number of carbonyl (C=O) groups is 1. The molecule has 4 N–H and O–H groups in total. The van der Waals surface area contributed by atoms with Crippen molar-refractivity contribution in [2.45, 2.75) is 12.0 Å². The van der Waals surface area contributed by atoms with Crippen molar-refractivity contribution in [2.75, 3.05) is 10.6 Å². The predicted octanol–water partition coefficient (Wildman–Crippen LogP) is 4.43. The minimum atomic E-state index is -1.83. The van der Waals surface area contributed by atoms with Crippen molar-refractivity contribution in [3.05, 3.63) is 122 Å². The molecule has 14 nitrogen and oxygen atoms in total. The molecule has 4 heterocycles. The monoisotopic (exact) mass is 642 g/mol. The summed E-state index contributed by atoms with van der Waals surface area (Å²) in [6.45, 7) is -0.145. The van der Waals surface area contributed by atoms with Gasteiger partial charge in [-0.25, -0.2) is 14.6 Å². The number of para-hydroxylation sites is 3. The van der Waals surface area contributed by atoms with Gasteiger partial charge in [0.25, 0.3) is 5.69 Å². The van der Waals surface area contributed by atoms with Crippen LogP contribution >= 0.6 is 11.6 Å². The van der Waals surface area contributed by atoms with Gasteiger partial charge in [0, 0.05) is 22.3 Å². The van der Waals surface area contributed by atoms with E-state index in [1.165, 1.54) is 34.0 Å². The molecule has 2 aromatic heterocycles. The standard InChI is InChI=1S/C32H19ClN10O4/c33-16-9-10-25(26(11-16)43(45)46)42-17(14-37-40-42)15-41-24-8-4-1-5-18(24)32(31(41)44)19(13-34)30(36)47-29-20(35)12-23-28(27(29)32)39-22-7-3-2-6-21(22)38-23/h1-12,14H,15,35-36H2. The quantitative estimate of drug-likeness (QED) is 0.119. The van der Waals surface area contributed by atoms with Crippen LogP contribution in [0.1, 0.15) is 16.8 Å². The summed E-state index contributed by atoms with van der Waals surface area (Å²) >= 11 is 6.05. The van der Waals surface area contributed by atoms with Gasteiger partial charge in [-0.1, -0.05) is 47.1 Å². The number of amides is 1. The first-order chi connectivity index (χ1) is 22.7. The maximum absolute atomic E-state index is 15.2. The van der Waals surface area contributed by atoms with Crippen LogP contribution in [0.25, 0.3) is 27.8 Å². The van der Waals surface area contributed by atoms with E-state index >= 15 is 4.79 Å². The summed E-state index contributed by atoms with van der Waals surface area (Å²) in [6, 6.07) is 22.1. The van der Waals surface area contributed by atoms with Crippen LogP contribution in [0, 0.1) is 21.4 Å². The number of hydrogen-bond donors (Lipinski definition) is 2. The van der Waals surface area contributed by atoms with Crippen LogP contribution in [0.15, 0.2) is 90.4 Å². The topological polar surface area (TPSA) is 205 Å². The molecular weight excluding hydrogens is 624 g/mol. The number of nitriles is 1. The van der Waals surface area contributed by atoms with Gasteiger partial charge in [0.1, 0.15) is 22.7 Å². The maximum Gasteiger partial charge on any atom is 0.296 e. The van der Waals surface area contributed by atoms with E-state index < -0.39 is 16.2 Å². The fourth-order valence-electron chi connectivity index (χ4n) is 6.47. The zero-order chi connectivity index (χ0) is 32.6. The zero-order valence-electron chi connectivity index (χ0n) is 24.0. The minimum Gasteiger partial charge on any atom is -0.438 e. The van der Waals surface area contributed by atoms with Crippen molar-refractivity contribution in [3.63, 3.8) is 0 Å². The SMILES string of the molecule is N#CC1=C(N)Oc2c(N)cc3nc4ccccc4nc3c2C12C(=O)N(Cc1cnnn1-c1ccc(Cl)cc1[N+](=O)[O-])c1ccccc12.